The number of aromatic nitrogens is 1. The molecule has 0 radical (unpaired) electrons. The zero-order valence-corrected chi connectivity index (χ0v) is 15.6. The Morgan fingerprint density at radius 1 is 1.00 bits per heavy atom. The van der Waals surface area contributed by atoms with Crippen molar-refractivity contribution in [2.75, 3.05) is 12.4 Å². The van der Waals surface area contributed by atoms with Crippen molar-refractivity contribution < 1.29 is 19.1 Å². The van der Waals surface area contributed by atoms with Crippen LogP contribution in [0.25, 0.3) is 0 Å². The number of carbonyl (C=O) groups is 3. The zero-order valence-electron chi connectivity index (χ0n) is 15.6. The molecule has 1 aromatic heterocycles. The summed E-state index contributed by atoms with van der Waals surface area (Å²) < 4.78 is 5.13. The van der Waals surface area contributed by atoms with Gasteiger partial charge in [0.25, 0.3) is 17.7 Å². The van der Waals surface area contributed by atoms with Crippen LogP contribution >= 0.6 is 0 Å². The van der Waals surface area contributed by atoms with Gasteiger partial charge < -0.3 is 10.1 Å². The topological polar surface area (TPSA) is 88.6 Å². The van der Waals surface area contributed by atoms with Gasteiger partial charge in [0, 0.05) is 11.8 Å². The highest BCUT2D eigenvalue weighted by Crippen LogP contribution is 2.27. The van der Waals surface area contributed by atoms with E-state index in [1.54, 1.807) is 18.3 Å². The second-order valence-electron chi connectivity index (χ2n) is 6.46. The lowest BCUT2D eigenvalue weighted by atomic mass is 10.1. The summed E-state index contributed by atoms with van der Waals surface area (Å²) in [6, 6.07) is 17.1. The maximum absolute atomic E-state index is 12.8. The molecule has 29 heavy (non-hydrogen) atoms. The molecular formula is C22H17N3O4. The SMILES string of the molecule is COc1ncccc1NC(=O)c1ccc2c(c1)C(=O)N(Cc1ccccc1)C2=O. The number of hydrogen-bond donors (Lipinski definition) is 1. The Morgan fingerprint density at radius 3 is 2.52 bits per heavy atom. The van der Waals surface area contributed by atoms with Crippen molar-refractivity contribution in [2.45, 2.75) is 6.54 Å². The number of carbonyl (C=O) groups excluding carboxylic acids is 3. The first-order valence-electron chi connectivity index (χ1n) is 8.93. The highest BCUT2D eigenvalue weighted by atomic mass is 16.5. The highest BCUT2D eigenvalue weighted by Gasteiger charge is 2.36. The van der Waals surface area contributed by atoms with Gasteiger partial charge >= 0.3 is 0 Å². The lowest BCUT2D eigenvalue weighted by molar-refractivity contribution is 0.0642. The van der Waals surface area contributed by atoms with Crippen LogP contribution in [0, 0.1) is 0 Å². The van der Waals surface area contributed by atoms with Gasteiger partial charge in [-0.25, -0.2) is 4.98 Å². The van der Waals surface area contributed by atoms with E-state index in [0.717, 1.165) is 5.56 Å². The minimum Gasteiger partial charge on any atom is -0.480 e. The molecule has 7 nitrogen and oxygen atoms in total. The Morgan fingerprint density at radius 2 is 1.76 bits per heavy atom. The molecule has 0 aliphatic carbocycles. The third-order valence-electron chi connectivity index (χ3n) is 4.63. The van der Waals surface area contributed by atoms with Crippen molar-refractivity contribution in [1.29, 1.82) is 0 Å². The van der Waals surface area contributed by atoms with Gasteiger partial charge in [-0.3, -0.25) is 19.3 Å². The Kier molecular flexibility index (Phi) is 4.78. The molecule has 0 fully saturated rings. The van der Waals surface area contributed by atoms with Crippen LogP contribution in [0.2, 0.25) is 0 Å². The average Bonchev–Trinajstić information content (AvgIpc) is 2.99. The molecule has 0 saturated carbocycles. The van der Waals surface area contributed by atoms with Crippen LogP contribution in [0.15, 0.2) is 66.9 Å². The molecule has 1 N–H and O–H groups in total. The summed E-state index contributed by atoms with van der Waals surface area (Å²) in [5.74, 6) is -0.930. The first-order chi connectivity index (χ1) is 14.1. The van der Waals surface area contributed by atoms with Crippen molar-refractivity contribution in [2.24, 2.45) is 0 Å². The Hall–Kier alpha value is -4.00. The van der Waals surface area contributed by atoms with E-state index in [9.17, 15) is 14.4 Å². The Balaban J connectivity index is 1.58. The Bertz CT molecular complexity index is 1110. The molecule has 0 saturated heterocycles. The molecule has 144 valence electrons. The number of nitrogens with zero attached hydrogens (tertiary/aromatic N) is 2. The fourth-order valence-electron chi connectivity index (χ4n) is 3.18. The van der Waals surface area contributed by atoms with Crippen LogP contribution in [0.5, 0.6) is 5.88 Å². The van der Waals surface area contributed by atoms with E-state index in [1.807, 2.05) is 30.3 Å². The number of anilines is 1. The van der Waals surface area contributed by atoms with E-state index in [2.05, 4.69) is 10.3 Å². The first-order valence-corrected chi connectivity index (χ1v) is 8.93. The Labute approximate surface area is 166 Å². The number of nitrogens with one attached hydrogen (secondary N) is 1. The smallest absolute Gasteiger partial charge is 0.261 e. The van der Waals surface area contributed by atoms with Crippen LogP contribution < -0.4 is 10.1 Å². The van der Waals surface area contributed by atoms with Crippen LogP contribution in [-0.4, -0.2) is 34.7 Å². The van der Waals surface area contributed by atoms with Gasteiger partial charge in [0.2, 0.25) is 5.88 Å². The van der Waals surface area contributed by atoms with E-state index in [-0.39, 0.29) is 29.5 Å². The van der Waals surface area contributed by atoms with Gasteiger partial charge in [-0.2, -0.15) is 0 Å². The summed E-state index contributed by atoms with van der Waals surface area (Å²) in [7, 11) is 1.46. The fraction of sp³-hybridized carbons (Fsp3) is 0.0909. The third kappa shape index (κ3) is 3.45. The lowest BCUT2D eigenvalue weighted by Crippen LogP contribution is -2.29. The summed E-state index contributed by atoms with van der Waals surface area (Å²) >= 11 is 0. The van der Waals surface area contributed by atoms with Gasteiger partial charge in [-0.05, 0) is 35.9 Å². The van der Waals surface area contributed by atoms with Crippen molar-refractivity contribution in [3.63, 3.8) is 0 Å². The predicted octanol–water partition coefficient (Wildman–Crippen LogP) is 3.14. The molecule has 3 aromatic rings. The second-order valence-corrected chi connectivity index (χ2v) is 6.46. The molecule has 2 aromatic carbocycles. The monoisotopic (exact) mass is 387 g/mol. The minimum atomic E-state index is -0.430. The molecule has 7 heteroatoms. The van der Waals surface area contributed by atoms with Gasteiger partial charge in [0.05, 0.1) is 24.8 Å². The van der Waals surface area contributed by atoms with Crippen LogP contribution in [0.1, 0.15) is 36.6 Å². The highest BCUT2D eigenvalue weighted by molar-refractivity contribution is 6.22. The summed E-state index contributed by atoms with van der Waals surface area (Å²) in [6.07, 6.45) is 1.55. The number of fused-ring (bicyclic) bond motifs is 1. The fourth-order valence-corrected chi connectivity index (χ4v) is 3.18. The number of rotatable bonds is 5. The molecule has 0 unspecified atom stereocenters. The van der Waals surface area contributed by atoms with Crippen LogP contribution in [0.4, 0.5) is 5.69 Å². The molecule has 3 amide bonds. The van der Waals surface area contributed by atoms with E-state index < -0.39 is 11.8 Å². The van der Waals surface area contributed by atoms with Crippen LogP contribution in [-0.2, 0) is 6.54 Å². The van der Waals surface area contributed by atoms with Crippen molar-refractivity contribution >= 4 is 23.4 Å². The maximum Gasteiger partial charge on any atom is 0.261 e. The second kappa shape index (κ2) is 7.55. The maximum atomic E-state index is 12.8. The van der Waals surface area contributed by atoms with Crippen molar-refractivity contribution in [3.05, 3.63) is 89.1 Å². The largest absolute Gasteiger partial charge is 0.480 e. The summed E-state index contributed by atoms with van der Waals surface area (Å²) in [4.78, 5) is 43.3. The van der Waals surface area contributed by atoms with Crippen molar-refractivity contribution in [1.82, 2.24) is 9.88 Å². The zero-order chi connectivity index (χ0) is 20.4. The summed E-state index contributed by atoms with van der Waals surface area (Å²) in [6.45, 7) is 0.182. The number of pyridine rings is 1. The first kappa shape index (κ1) is 18.4. The number of amides is 3. The number of ether oxygens (including phenoxy) is 1. The van der Waals surface area contributed by atoms with Gasteiger partial charge in [0.15, 0.2) is 0 Å². The molecule has 2 heterocycles. The number of benzene rings is 2. The van der Waals surface area contributed by atoms with E-state index in [4.69, 9.17) is 4.74 Å². The van der Waals surface area contributed by atoms with E-state index in [0.29, 0.717) is 11.3 Å². The summed E-state index contributed by atoms with van der Waals surface area (Å²) in [5.41, 5.74) is 2.03. The van der Waals surface area contributed by atoms with Gasteiger partial charge in [-0.15, -0.1) is 0 Å². The number of hydrogen-bond acceptors (Lipinski definition) is 5. The molecule has 0 bridgehead atoms. The average molecular weight is 387 g/mol. The van der Waals surface area contributed by atoms with Gasteiger partial charge in [0.1, 0.15) is 5.69 Å². The number of imide groups is 1. The third-order valence-corrected chi connectivity index (χ3v) is 4.63. The van der Waals surface area contributed by atoms with Crippen LogP contribution in [0.3, 0.4) is 0 Å². The standard InChI is InChI=1S/C22H17N3O4/c1-29-20-18(8-5-11-23-20)24-19(26)15-9-10-16-17(12-15)22(28)25(21(16)27)13-14-6-3-2-4-7-14/h2-12H,13H2,1H3,(H,24,26). The molecule has 0 atom stereocenters. The molecule has 1 aliphatic heterocycles. The minimum absolute atomic E-state index is 0.182. The lowest BCUT2D eigenvalue weighted by Gasteiger charge is -2.13. The number of methoxy groups -OCH3 is 1. The summed E-state index contributed by atoms with van der Waals surface area (Å²) in [5, 5.41) is 2.71. The van der Waals surface area contributed by atoms with E-state index in [1.165, 1.54) is 30.2 Å². The van der Waals surface area contributed by atoms with Gasteiger partial charge in [-0.1, -0.05) is 30.3 Å². The molecular weight excluding hydrogens is 370 g/mol. The quantitative estimate of drug-likeness (QED) is 0.680. The van der Waals surface area contributed by atoms with Crippen molar-refractivity contribution in [3.8, 4) is 5.88 Å². The molecule has 4 rings (SSSR count). The molecule has 0 spiro atoms. The normalized spacial score (nSPS) is 12.7. The molecule has 1 aliphatic rings. The predicted molar refractivity (Wildman–Crippen MR) is 106 cm³/mol. The van der Waals surface area contributed by atoms with E-state index >= 15 is 0 Å².